The summed E-state index contributed by atoms with van der Waals surface area (Å²) in [6.07, 6.45) is 5.51. The third-order valence-corrected chi connectivity index (χ3v) is 4.18. The van der Waals surface area contributed by atoms with Gasteiger partial charge in [0.15, 0.2) is 0 Å². The van der Waals surface area contributed by atoms with Gasteiger partial charge in [-0.25, -0.2) is 0 Å². The highest BCUT2D eigenvalue weighted by molar-refractivity contribution is 5.94. The average molecular weight is 323 g/mol. The van der Waals surface area contributed by atoms with Crippen LogP contribution < -0.4 is 5.32 Å². The molecular weight excluding hydrogens is 302 g/mol. The lowest BCUT2D eigenvalue weighted by atomic mass is 10.0. The van der Waals surface area contributed by atoms with Gasteiger partial charge >= 0.3 is 0 Å². The van der Waals surface area contributed by atoms with E-state index in [4.69, 9.17) is 0 Å². The summed E-state index contributed by atoms with van der Waals surface area (Å²) in [5, 5.41) is 3.04. The topological polar surface area (TPSA) is 62.3 Å². The molecule has 1 N–H and O–H groups in total. The van der Waals surface area contributed by atoms with Crippen LogP contribution in [-0.4, -0.2) is 40.8 Å². The van der Waals surface area contributed by atoms with E-state index in [0.29, 0.717) is 18.5 Å². The molecule has 0 aliphatic carbocycles. The fourth-order valence-corrected chi connectivity index (χ4v) is 3.01. The first-order valence-corrected chi connectivity index (χ1v) is 8.25. The molecule has 0 spiro atoms. The number of pyridine rings is 1. The molecule has 1 aromatic heterocycles. The van der Waals surface area contributed by atoms with Crippen molar-refractivity contribution in [2.75, 3.05) is 13.1 Å². The van der Waals surface area contributed by atoms with Crippen LogP contribution >= 0.6 is 0 Å². The molecule has 1 aliphatic rings. The summed E-state index contributed by atoms with van der Waals surface area (Å²) in [5.74, 6) is 0.00354. The van der Waals surface area contributed by atoms with Gasteiger partial charge in [-0.15, -0.1) is 0 Å². The zero-order valence-corrected chi connectivity index (χ0v) is 13.5. The molecule has 1 atom stereocenters. The molecule has 0 saturated carbocycles. The standard InChI is InChI=1S/C19H21N3O2/c23-18(12-15-6-4-10-20-13-15)21-17-9-5-11-22(14-17)19(24)16-7-2-1-3-8-16/h1-4,6-8,10,13,17H,5,9,11-12,14H2,(H,21,23)/t17-/m0/s1. The summed E-state index contributed by atoms with van der Waals surface area (Å²) in [7, 11) is 0. The van der Waals surface area contributed by atoms with E-state index >= 15 is 0 Å². The largest absolute Gasteiger partial charge is 0.351 e. The molecule has 2 amide bonds. The number of amides is 2. The highest BCUT2D eigenvalue weighted by atomic mass is 16.2. The van der Waals surface area contributed by atoms with Crippen LogP contribution in [0.25, 0.3) is 0 Å². The maximum atomic E-state index is 12.5. The number of nitrogens with one attached hydrogen (secondary N) is 1. The molecule has 0 unspecified atom stereocenters. The Morgan fingerprint density at radius 1 is 1.17 bits per heavy atom. The number of carbonyl (C=O) groups is 2. The number of carbonyl (C=O) groups excluding carboxylic acids is 2. The highest BCUT2D eigenvalue weighted by Gasteiger charge is 2.25. The maximum absolute atomic E-state index is 12.5. The van der Waals surface area contributed by atoms with Gasteiger partial charge in [0.05, 0.1) is 6.42 Å². The number of aromatic nitrogens is 1. The van der Waals surface area contributed by atoms with Gasteiger partial charge in [0.2, 0.25) is 5.91 Å². The number of piperidine rings is 1. The van der Waals surface area contributed by atoms with Crippen molar-refractivity contribution in [1.82, 2.24) is 15.2 Å². The number of hydrogen-bond acceptors (Lipinski definition) is 3. The van der Waals surface area contributed by atoms with E-state index in [1.54, 1.807) is 12.4 Å². The monoisotopic (exact) mass is 323 g/mol. The molecule has 24 heavy (non-hydrogen) atoms. The molecule has 3 rings (SSSR count). The Kier molecular flexibility index (Phi) is 5.21. The number of hydrogen-bond donors (Lipinski definition) is 1. The second kappa shape index (κ2) is 7.73. The molecule has 1 saturated heterocycles. The molecule has 5 heteroatoms. The van der Waals surface area contributed by atoms with E-state index < -0.39 is 0 Å². The zero-order chi connectivity index (χ0) is 16.8. The summed E-state index contributed by atoms with van der Waals surface area (Å²) in [6.45, 7) is 1.30. The molecule has 2 aromatic rings. The first kappa shape index (κ1) is 16.2. The number of likely N-dealkylation sites (tertiary alicyclic amines) is 1. The lowest BCUT2D eigenvalue weighted by molar-refractivity contribution is -0.121. The van der Waals surface area contributed by atoms with Gasteiger partial charge < -0.3 is 10.2 Å². The normalized spacial score (nSPS) is 17.3. The van der Waals surface area contributed by atoms with E-state index in [9.17, 15) is 9.59 Å². The molecule has 124 valence electrons. The van der Waals surface area contributed by atoms with Crippen molar-refractivity contribution in [3.8, 4) is 0 Å². The van der Waals surface area contributed by atoms with E-state index in [0.717, 1.165) is 24.9 Å². The second-order valence-electron chi connectivity index (χ2n) is 6.06. The van der Waals surface area contributed by atoms with Crippen LogP contribution in [0.1, 0.15) is 28.8 Å². The van der Waals surface area contributed by atoms with Crippen LogP contribution in [0.5, 0.6) is 0 Å². The molecule has 1 aromatic carbocycles. The van der Waals surface area contributed by atoms with Crippen LogP contribution in [0.4, 0.5) is 0 Å². The Hall–Kier alpha value is -2.69. The van der Waals surface area contributed by atoms with Gasteiger partial charge in [-0.2, -0.15) is 0 Å². The van der Waals surface area contributed by atoms with Crippen LogP contribution in [0.3, 0.4) is 0 Å². The summed E-state index contributed by atoms with van der Waals surface area (Å²) < 4.78 is 0. The van der Waals surface area contributed by atoms with Crippen molar-refractivity contribution >= 4 is 11.8 Å². The first-order valence-electron chi connectivity index (χ1n) is 8.25. The Labute approximate surface area is 141 Å². The van der Waals surface area contributed by atoms with E-state index in [1.807, 2.05) is 47.4 Å². The van der Waals surface area contributed by atoms with Gasteiger partial charge in [-0.05, 0) is 36.6 Å². The summed E-state index contributed by atoms with van der Waals surface area (Å²) in [4.78, 5) is 30.6. The smallest absolute Gasteiger partial charge is 0.253 e. The Morgan fingerprint density at radius 2 is 2.00 bits per heavy atom. The van der Waals surface area contributed by atoms with E-state index in [2.05, 4.69) is 10.3 Å². The SMILES string of the molecule is O=C(Cc1cccnc1)N[C@H]1CCCN(C(=O)c2ccccc2)C1. The molecule has 1 aliphatic heterocycles. The molecule has 1 fully saturated rings. The summed E-state index contributed by atoms with van der Waals surface area (Å²) >= 11 is 0. The first-order chi connectivity index (χ1) is 11.7. The predicted molar refractivity (Wildman–Crippen MR) is 91.5 cm³/mol. The van der Waals surface area contributed by atoms with E-state index in [-0.39, 0.29) is 17.9 Å². The average Bonchev–Trinajstić information content (AvgIpc) is 2.63. The molecule has 5 nitrogen and oxygen atoms in total. The van der Waals surface area contributed by atoms with Crippen molar-refractivity contribution in [1.29, 1.82) is 0 Å². The number of benzene rings is 1. The van der Waals surface area contributed by atoms with Crippen molar-refractivity contribution in [2.24, 2.45) is 0 Å². The predicted octanol–water partition coefficient (Wildman–Crippen LogP) is 2.05. The lowest BCUT2D eigenvalue weighted by Crippen LogP contribution is -2.49. The minimum absolute atomic E-state index is 0.00980. The second-order valence-corrected chi connectivity index (χ2v) is 6.06. The summed E-state index contributed by atoms with van der Waals surface area (Å²) in [6, 6.07) is 13.0. The van der Waals surface area contributed by atoms with Crippen molar-refractivity contribution in [2.45, 2.75) is 25.3 Å². The minimum atomic E-state index is -0.0259. The summed E-state index contributed by atoms with van der Waals surface area (Å²) in [5.41, 5.74) is 1.59. The van der Waals surface area contributed by atoms with Crippen LogP contribution in [0, 0.1) is 0 Å². The van der Waals surface area contributed by atoms with Crippen molar-refractivity contribution in [3.63, 3.8) is 0 Å². The van der Waals surface area contributed by atoms with E-state index in [1.165, 1.54) is 0 Å². The van der Waals surface area contributed by atoms with Crippen LogP contribution in [0.15, 0.2) is 54.9 Å². The fourth-order valence-electron chi connectivity index (χ4n) is 3.01. The van der Waals surface area contributed by atoms with Crippen molar-refractivity contribution < 1.29 is 9.59 Å². The number of rotatable bonds is 4. The Bertz CT molecular complexity index is 688. The number of nitrogens with zero attached hydrogens (tertiary/aromatic N) is 2. The maximum Gasteiger partial charge on any atom is 0.253 e. The molecular formula is C19H21N3O2. The zero-order valence-electron chi connectivity index (χ0n) is 13.5. The highest BCUT2D eigenvalue weighted by Crippen LogP contribution is 2.14. The van der Waals surface area contributed by atoms with Gasteiger partial charge in [-0.1, -0.05) is 24.3 Å². The molecule has 0 bridgehead atoms. The third kappa shape index (κ3) is 4.19. The van der Waals surface area contributed by atoms with Gasteiger partial charge in [-0.3, -0.25) is 14.6 Å². The van der Waals surface area contributed by atoms with Gasteiger partial charge in [0.25, 0.3) is 5.91 Å². The fraction of sp³-hybridized carbons (Fsp3) is 0.316. The third-order valence-electron chi connectivity index (χ3n) is 4.18. The molecule has 0 radical (unpaired) electrons. The van der Waals surface area contributed by atoms with Crippen molar-refractivity contribution in [3.05, 3.63) is 66.0 Å². The Balaban J connectivity index is 1.55. The lowest BCUT2D eigenvalue weighted by Gasteiger charge is -2.33. The quantitative estimate of drug-likeness (QED) is 0.936. The Morgan fingerprint density at radius 3 is 2.75 bits per heavy atom. The van der Waals surface area contributed by atoms with Crippen LogP contribution in [0.2, 0.25) is 0 Å². The van der Waals surface area contributed by atoms with Gasteiger partial charge in [0.1, 0.15) is 0 Å². The minimum Gasteiger partial charge on any atom is -0.351 e. The van der Waals surface area contributed by atoms with Crippen LogP contribution in [-0.2, 0) is 11.2 Å². The molecule has 2 heterocycles. The van der Waals surface area contributed by atoms with Gasteiger partial charge in [0, 0.05) is 37.1 Å².